The van der Waals surface area contributed by atoms with Crippen LogP contribution < -0.4 is 11.1 Å². The zero-order chi connectivity index (χ0) is 22.9. The lowest BCUT2D eigenvalue weighted by atomic mass is 9.48. The van der Waals surface area contributed by atoms with E-state index in [1.807, 2.05) is 19.1 Å². The summed E-state index contributed by atoms with van der Waals surface area (Å²) in [4.78, 5) is 31.9. The molecule has 4 bridgehead atoms. The van der Waals surface area contributed by atoms with E-state index in [1.54, 1.807) is 12.4 Å². The summed E-state index contributed by atoms with van der Waals surface area (Å²) in [7, 11) is 1.39. The van der Waals surface area contributed by atoms with Crippen molar-refractivity contribution in [2.75, 3.05) is 18.2 Å². The third kappa shape index (κ3) is 3.08. The van der Waals surface area contributed by atoms with Gasteiger partial charge in [0.15, 0.2) is 5.78 Å². The average Bonchev–Trinajstić information content (AvgIpc) is 3.12. The van der Waals surface area contributed by atoms with Crippen LogP contribution in [0.2, 0.25) is 0 Å². The maximum Gasteiger partial charge on any atom is 0.336 e. The van der Waals surface area contributed by atoms with E-state index in [2.05, 4.69) is 10.3 Å². The van der Waals surface area contributed by atoms with Crippen molar-refractivity contribution in [2.45, 2.75) is 51.4 Å². The number of methoxy groups -OCH3 is 1. The smallest absolute Gasteiger partial charge is 0.336 e. The first-order valence-corrected chi connectivity index (χ1v) is 12.6. The second-order valence-corrected chi connectivity index (χ2v) is 11.5. The van der Waals surface area contributed by atoms with E-state index in [1.165, 1.54) is 37.7 Å². The van der Waals surface area contributed by atoms with E-state index in [9.17, 15) is 9.59 Å². The number of hydrogen-bond donors (Lipinski definition) is 2. The molecule has 172 valence electrons. The topological polar surface area (TPSA) is 94.3 Å². The highest BCUT2D eigenvalue weighted by Crippen LogP contribution is 2.62. The van der Waals surface area contributed by atoms with Crippen LogP contribution in [-0.2, 0) is 9.53 Å². The van der Waals surface area contributed by atoms with Crippen molar-refractivity contribution in [1.29, 1.82) is 0 Å². The number of nitrogens with zero attached hydrogens (tertiary/aromatic N) is 1. The van der Waals surface area contributed by atoms with Crippen molar-refractivity contribution in [1.82, 2.24) is 4.98 Å². The number of aromatic nitrogens is 1. The molecule has 0 aromatic carbocycles. The number of nitrogens with one attached hydrogen (secondary N) is 1. The Balaban J connectivity index is 1.46. The SMILES string of the molecule is COC(=O)C1=C(C)Nc2sc(C(=O)C34CC5CC(CC(C5)C3)C4)c(N)c2C1c1cccnc1. The number of carbonyl (C=O) groups is 2. The number of allylic oxidation sites excluding steroid dienone is 1. The molecule has 3 N–H and O–H groups in total. The van der Waals surface area contributed by atoms with Crippen molar-refractivity contribution < 1.29 is 14.3 Å². The molecular weight excluding hydrogens is 434 g/mol. The fourth-order valence-electron chi connectivity index (χ4n) is 7.49. The first-order valence-electron chi connectivity index (χ1n) is 11.8. The number of rotatable bonds is 4. The van der Waals surface area contributed by atoms with Crippen LogP contribution in [-0.4, -0.2) is 23.8 Å². The van der Waals surface area contributed by atoms with Gasteiger partial charge in [0.05, 0.1) is 28.2 Å². The molecule has 0 spiro atoms. The molecule has 1 atom stereocenters. The molecule has 2 aromatic heterocycles. The summed E-state index contributed by atoms with van der Waals surface area (Å²) in [6.45, 7) is 1.87. The number of ketones is 1. The van der Waals surface area contributed by atoms with Crippen LogP contribution in [0.25, 0.3) is 0 Å². The molecule has 5 aliphatic rings. The molecule has 2 aromatic rings. The Hall–Kier alpha value is -2.67. The Kier molecular flexibility index (Phi) is 4.70. The minimum absolute atomic E-state index is 0.225. The summed E-state index contributed by atoms with van der Waals surface area (Å²) in [5, 5.41) is 4.21. The molecule has 4 fully saturated rings. The van der Waals surface area contributed by atoms with Crippen LogP contribution in [0.1, 0.15) is 72.2 Å². The molecule has 0 saturated heterocycles. The fourth-order valence-corrected chi connectivity index (χ4v) is 8.77. The van der Waals surface area contributed by atoms with Crippen LogP contribution in [0.3, 0.4) is 0 Å². The van der Waals surface area contributed by atoms with Gasteiger partial charge in [-0.1, -0.05) is 6.07 Å². The molecule has 1 unspecified atom stereocenters. The standard InChI is InChI=1S/C26H29N3O3S/c1-13-18(25(31)32-2)19(17-4-3-5-28-12-17)20-21(27)22(33-24(20)29-13)23(30)26-9-14-6-15(10-26)8-16(7-14)11-26/h3-5,12,14-16,19,29H,6-11,27H2,1-2H3. The third-order valence-corrected chi connectivity index (χ3v) is 9.55. The van der Waals surface area contributed by atoms with Gasteiger partial charge in [-0.3, -0.25) is 9.78 Å². The molecule has 4 aliphatic carbocycles. The first kappa shape index (κ1) is 20.9. The molecule has 1 aliphatic heterocycles. The molecular formula is C26H29N3O3S. The van der Waals surface area contributed by atoms with Crippen LogP contribution in [0, 0.1) is 23.2 Å². The predicted octanol–water partition coefficient (Wildman–Crippen LogP) is 5.13. The second-order valence-electron chi connectivity index (χ2n) is 10.5. The Bertz CT molecular complexity index is 1150. The number of pyridine rings is 1. The molecule has 33 heavy (non-hydrogen) atoms. The zero-order valence-corrected chi connectivity index (χ0v) is 19.8. The Morgan fingerprint density at radius 3 is 2.42 bits per heavy atom. The van der Waals surface area contributed by atoms with Crippen molar-refractivity contribution in [3.8, 4) is 0 Å². The van der Waals surface area contributed by atoms with E-state index in [0.29, 0.717) is 33.9 Å². The van der Waals surface area contributed by atoms with Gasteiger partial charge < -0.3 is 15.8 Å². The number of hydrogen-bond acceptors (Lipinski definition) is 7. The Morgan fingerprint density at radius 2 is 1.85 bits per heavy atom. The van der Waals surface area contributed by atoms with E-state index in [0.717, 1.165) is 41.1 Å². The molecule has 3 heterocycles. The van der Waals surface area contributed by atoms with E-state index in [4.69, 9.17) is 10.5 Å². The van der Waals surface area contributed by atoms with Crippen LogP contribution in [0.15, 0.2) is 35.8 Å². The fraction of sp³-hybridized carbons (Fsp3) is 0.500. The summed E-state index contributed by atoms with van der Waals surface area (Å²) in [5.41, 5.74) is 9.91. The molecule has 0 radical (unpaired) electrons. The van der Waals surface area contributed by atoms with Crippen LogP contribution >= 0.6 is 11.3 Å². The molecule has 7 rings (SSSR count). The lowest BCUT2D eigenvalue weighted by Gasteiger charge is -2.55. The highest BCUT2D eigenvalue weighted by atomic mass is 32.1. The first-order chi connectivity index (χ1) is 15.9. The monoisotopic (exact) mass is 463 g/mol. The second kappa shape index (κ2) is 7.42. The van der Waals surface area contributed by atoms with Gasteiger partial charge in [0, 0.05) is 35.0 Å². The predicted molar refractivity (Wildman–Crippen MR) is 128 cm³/mol. The van der Waals surface area contributed by atoms with Crippen molar-refractivity contribution in [2.24, 2.45) is 23.2 Å². The zero-order valence-electron chi connectivity index (χ0n) is 19.0. The lowest BCUT2D eigenvalue weighted by molar-refractivity contribution is -0.136. The number of esters is 1. The molecule has 0 amide bonds. The summed E-state index contributed by atoms with van der Waals surface area (Å²) >= 11 is 1.45. The number of anilines is 2. The maximum atomic E-state index is 14.1. The number of Topliss-reactive ketones (excluding diaryl/α,β-unsaturated/α-hetero) is 1. The van der Waals surface area contributed by atoms with Crippen LogP contribution in [0.4, 0.5) is 10.7 Å². The van der Waals surface area contributed by atoms with Gasteiger partial charge in [0.25, 0.3) is 0 Å². The van der Waals surface area contributed by atoms with E-state index >= 15 is 0 Å². The number of thiophene rings is 1. The van der Waals surface area contributed by atoms with Gasteiger partial charge >= 0.3 is 5.97 Å². The van der Waals surface area contributed by atoms with Crippen molar-refractivity contribution >= 4 is 33.8 Å². The average molecular weight is 464 g/mol. The van der Waals surface area contributed by atoms with Gasteiger partial charge in [0.1, 0.15) is 0 Å². The van der Waals surface area contributed by atoms with Gasteiger partial charge in [-0.2, -0.15) is 0 Å². The van der Waals surface area contributed by atoms with Gasteiger partial charge in [-0.15, -0.1) is 11.3 Å². The van der Waals surface area contributed by atoms with Gasteiger partial charge in [-0.05, 0) is 74.8 Å². The lowest BCUT2D eigenvalue weighted by Crippen LogP contribution is -2.50. The Morgan fingerprint density at radius 1 is 1.18 bits per heavy atom. The number of ether oxygens (including phenoxy) is 1. The number of fused-ring (bicyclic) bond motifs is 1. The summed E-state index contributed by atoms with van der Waals surface area (Å²) in [6.07, 6.45) is 10.3. The van der Waals surface area contributed by atoms with Gasteiger partial charge in [0.2, 0.25) is 0 Å². The summed E-state index contributed by atoms with van der Waals surface area (Å²) < 4.78 is 5.12. The minimum atomic E-state index is -0.420. The maximum absolute atomic E-state index is 14.1. The van der Waals surface area contributed by atoms with Crippen LogP contribution in [0.5, 0.6) is 0 Å². The van der Waals surface area contributed by atoms with Crippen molar-refractivity contribution in [3.05, 3.63) is 51.8 Å². The molecule has 6 nitrogen and oxygen atoms in total. The van der Waals surface area contributed by atoms with Gasteiger partial charge in [-0.25, -0.2) is 4.79 Å². The largest absolute Gasteiger partial charge is 0.466 e. The molecule has 7 heteroatoms. The number of carbonyl (C=O) groups excluding carboxylic acids is 2. The summed E-state index contributed by atoms with van der Waals surface area (Å²) in [5.74, 6) is 1.46. The summed E-state index contributed by atoms with van der Waals surface area (Å²) in [6, 6.07) is 3.80. The quantitative estimate of drug-likeness (QED) is 0.482. The highest BCUT2D eigenvalue weighted by Gasteiger charge is 2.55. The van der Waals surface area contributed by atoms with E-state index < -0.39 is 11.9 Å². The highest BCUT2D eigenvalue weighted by molar-refractivity contribution is 7.19. The number of nitrogen functional groups attached to an aromatic ring is 1. The minimum Gasteiger partial charge on any atom is -0.466 e. The van der Waals surface area contributed by atoms with Crippen molar-refractivity contribution in [3.63, 3.8) is 0 Å². The molecule has 4 saturated carbocycles. The Labute approximate surface area is 197 Å². The van der Waals surface area contributed by atoms with E-state index in [-0.39, 0.29) is 11.2 Å². The third-order valence-electron chi connectivity index (χ3n) is 8.42. The number of nitrogens with two attached hydrogens (primary N) is 1. The normalized spacial score (nSPS) is 31.8.